The minimum atomic E-state index is -3.71. The molecule has 4 rings (SSSR count). The SMILES string of the molecule is Cc1ccc(S(=O)(=O)N2CCC3CC(=O)N(C)N=C3c3ccccc32)cc1. The number of hydrogen-bond donors (Lipinski definition) is 0. The number of rotatable bonds is 2. The van der Waals surface area contributed by atoms with Crippen molar-refractivity contribution >= 4 is 27.3 Å². The van der Waals surface area contributed by atoms with Crippen LogP contribution in [-0.2, 0) is 14.8 Å². The summed E-state index contributed by atoms with van der Waals surface area (Å²) >= 11 is 0. The van der Waals surface area contributed by atoms with Crippen LogP contribution in [0.25, 0.3) is 0 Å². The molecule has 0 radical (unpaired) electrons. The predicted octanol–water partition coefficient (Wildman–Crippen LogP) is 2.78. The summed E-state index contributed by atoms with van der Waals surface area (Å²) in [7, 11) is -2.07. The normalized spacial score (nSPS) is 19.9. The van der Waals surface area contributed by atoms with E-state index < -0.39 is 10.0 Å². The molecular weight excluding hydrogens is 362 g/mol. The van der Waals surface area contributed by atoms with Gasteiger partial charge in [0.1, 0.15) is 0 Å². The van der Waals surface area contributed by atoms with E-state index in [0.29, 0.717) is 25.1 Å². The van der Waals surface area contributed by atoms with Crippen molar-refractivity contribution in [3.63, 3.8) is 0 Å². The van der Waals surface area contributed by atoms with Crippen molar-refractivity contribution in [2.24, 2.45) is 11.0 Å². The Labute approximate surface area is 159 Å². The fraction of sp³-hybridized carbons (Fsp3) is 0.300. The van der Waals surface area contributed by atoms with E-state index in [9.17, 15) is 13.2 Å². The Bertz CT molecular complexity index is 1030. The summed E-state index contributed by atoms with van der Waals surface area (Å²) in [6, 6.07) is 14.3. The lowest BCUT2D eigenvalue weighted by atomic mass is 9.90. The van der Waals surface area contributed by atoms with Gasteiger partial charge in [0.25, 0.3) is 10.0 Å². The molecule has 140 valence electrons. The first kappa shape index (κ1) is 17.7. The number of anilines is 1. The summed E-state index contributed by atoms with van der Waals surface area (Å²) in [5.74, 6) is -0.121. The van der Waals surface area contributed by atoms with Crippen LogP contribution >= 0.6 is 0 Å². The Balaban J connectivity index is 1.85. The highest BCUT2D eigenvalue weighted by atomic mass is 32.2. The van der Waals surface area contributed by atoms with Gasteiger partial charge in [0.05, 0.1) is 16.3 Å². The highest BCUT2D eigenvalue weighted by Gasteiger charge is 2.37. The monoisotopic (exact) mass is 383 g/mol. The third-order valence-electron chi connectivity index (χ3n) is 5.16. The van der Waals surface area contributed by atoms with Gasteiger partial charge in [-0.2, -0.15) is 5.10 Å². The van der Waals surface area contributed by atoms with E-state index in [2.05, 4.69) is 5.10 Å². The second-order valence-electron chi connectivity index (χ2n) is 7.00. The number of benzene rings is 2. The van der Waals surface area contributed by atoms with Crippen LogP contribution < -0.4 is 4.31 Å². The molecule has 1 amide bonds. The first-order valence-electron chi connectivity index (χ1n) is 8.92. The van der Waals surface area contributed by atoms with Crippen molar-refractivity contribution < 1.29 is 13.2 Å². The Hall–Kier alpha value is -2.67. The lowest BCUT2D eigenvalue weighted by Gasteiger charge is -2.26. The fourth-order valence-electron chi connectivity index (χ4n) is 3.64. The van der Waals surface area contributed by atoms with Gasteiger partial charge in [0.2, 0.25) is 5.91 Å². The third kappa shape index (κ3) is 3.02. The van der Waals surface area contributed by atoms with E-state index >= 15 is 0 Å². The third-order valence-corrected chi connectivity index (χ3v) is 6.99. The molecular formula is C20H21N3O3S. The summed E-state index contributed by atoms with van der Waals surface area (Å²) in [6.07, 6.45) is 0.903. The van der Waals surface area contributed by atoms with E-state index in [0.717, 1.165) is 16.8 Å². The zero-order chi connectivity index (χ0) is 19.2. The molecule has 2 heterocycles. The van der Waals surface area contributed by atoms with Crippen molar-refractivity contribution in [1.29, 1.82) is 0 Å². The summed E-state index contributed by atoms with van der Waals surface area (Å²) in [5, 5.41) is 5.82. The summed E-state index contributed by atoms with van der Waals surface area (Å²) in [5.41, 5.74) is 3.18. The minimum absolute atomic E-state index is 0.0453. The van der Waals surface area contributed by atoms with E-state index in [1.807, 2.05) is 31.2 Å². The van der Waals surface area contributed by atoms with Crippen LogP contribution in [0.1, 0.15) is 24.0 Å². The maximum absolute atomic E-state index is 13.4. The molecule has 27 heavy (non-hydrogen) atoms. The average molecular weight is 383 g/mol. The van der Waals surface area contributed by atoms with Gasteiger partial charge >= 0.3 is 0 Å². The Kier molecular flexibility index (Phi) is 4.26. The van der Waals surface area contributed by atoms with Crippen molar-refractivity contribution in [3.8, 4) is 0 Å². The number of amides is 1. The number of hydrazone groups is 1. The molecule has 2 aliphatic heterocycles. The van der Waals surface area contributed by atoms with Gasteiger partial charge in [0.15, 0.2) is 0 Å². The van der Waals surface area contributed by atoms with E-state index in [4.69, 9.17) is 0 Å². The van der Waals surface area contributed by atoms with Crippen LogP contribution in [0.3, 0.4) is 0 Å². The highest BCUT2D eigenvalue weighted by molar-refractivity contribution is 7.92. The largest absolute Gasteiger partial charge is 0.273 e. The molecule has 0 aliphatic carbocycles. The molecule has 0 spiro atoms. The molecule has 6 nitrogen and oxygen atoms in total. The summed E-state index contributed by atoms with van der Waals surface area (Å²) in [6.45, 7) is 2.24. The van der Waals surface area contributed by atoms with Gasteiger partial charge in [0, 0.05) is 31.5 Å². The van der Waals surface area contributed by atoms with Crippen molar-refractivity contribution in [1.82, 2.24) is 5.01 Å². The maximum atomic E-state index is 13.4. The smallest absolute Gasteiger partial charge is 0.264 e. The van der Waals surface area contributed by atoms with Crippen LogP contribution in [0, 0.1) is 12.8 Å². The second-order valence-corrected chi connectivity index (χ2v) is 8.86. The molecule has 0 saturated heterocycles. The number of hydrogen-bond acceptors (Lipinski definition) is 4. The zero-order valence-corrected chi connectivity index (χ0v) is 16.1. The molecule has 0 aromatic heterocycles. The number of nitrogens with zero attached hydrogens (tertiary/aromatic N) is 3. The Morgan fingerprint density at radius 1 is 1.07 bits per heavy atom. The van der Waals surface area contributed by atoms with Crippen LogP contribution in [0.4, 0.5) is 5.69 Å². The lowest BCUT2D eigenvalue weighted by molar-refractivity contribution is -0.131. The fourth-order valence-corrected chi connectivity index (χ4v) is 5.14. The molecule has 0 bridgehead atoms. The van der Waals surface area contributed by atoms with E-state index in [1.54, 1.807) is 31.3 Å². The first-order valence-corrected chi connectivity index (χ1v) is 10.4. The van der Waals surface area contributed by atoms with Crippen LogP contribution in [0.2, 0.25) is 0 Å². The molecule has 7 heteroatoms. The summed E-state index contributed by atoms with van der Waals surface area (Å²) in [4.78, 5) is 12.4. The van der Waals surface area contributed by atoms with Gasteiger partial charge in [-0.05, 0) is 31.5 Å². The molecule has 1 atom stereocenters. The minimum Gasteiger partial charge on any atom is -0.273 e. The predicted molar refractivity (Wildman–Crippen MR) is 104 cm³/mol. The molecule has 1 unspecified atom stereocenters. The van der Waals surface area contributed by atoms with Crippen LogP contribution in [0.15, 0.2) is 58.5 Å². The number of aryl methyl sites for hydroxylation is 1. The summed E-state index contributed by atoms with van der Waals surface area (Å²) < 4.78 is 28.2. The topological polar surface area (TPSA) is 70.1 Å². The van der Waals surface area contributed by atoms with Crippen molar-refractivity contribution in [2.75, 3.05) is 17.9 Å². The van der Waals surface area contributed by atoms with Gasteiger partial charge in [-0.3, -0.25) is 9.10 Å². The maximum Gasteiger partial charge on any atom is 0.264 e. The van der Waals surface area contributed by atoms with E-state index in [-0.39, 0.29) is 16.7 Å². The van der Waals surface area contributed by atoms with Crippen LogP contribution in [0.5, 0.6) is 0 Å². The van der Waals surface area contributed by atoms with Gasteiger partial charge < -0.3 is 0 Å². The standard InChI is InChI=1S/C20H21N3O3S/c1-14-7-9-16(10-8-14)27(25,26)23-12-11-15-13-19(24)22(2)21-20(15)17-5-3-4-6-18(17)23/h3-10,15H,11-13H2,1-2H3. The van der Waals surface area contributed by atoms with Crippen molar-refractivity contribution in [3.05, 3.63) is 59.7 Å². The molecule has 2 aliphatic rings. The van der Waals surface area contributed by atoms with Gasteiger partial charge in [-0.25, -0.2) is 13.4 Å². The van der Waals surface area contributed by atoms with Gasteiger partial charge in [-0.1, -0.05) is 35.9 Å². The molecule has 0 fully saturated rings. The lowest BCUT2D eigenvalue weighted by Crippen LogP contribution is -2.35. The number of fused-ring (bicyclic) bond motifs is 3. The highest BCUT2D eigenvalue weighted by Crippen LogP contribution is 2.36. The quantitative estimate of drug-likeness (QED) is 0.801. The molecule has 0 saturated carbocycles. The van der Waals surface area contributed by atoms with Crippen LogP contribution in [-0.4, -0.2) is 38.6 Å². The van der Waals surface area contributed by atoms with Crippen molar-refractivity contribution in [2.45, 2.75) is 24.7 Å². The number of carbonyl (C=O) groups excluding carboxylic acids is 1. The molecule has 2 aromatic carbocycles. The number of para-hydroxylation sites is 1. The number of carbonyl (C=O) groups is 1. The first-order chi connectivity index (χ1) is 12.9. The van der Waals surface area contributed by atoms with Gasteiger partial charge in [-0.15, -0.1) is 0 Å². The average Bonchev–Trinajstić information content (AvgIpc) is 2.80. The molecule has 0 N–H and O–H groups in total. The Morgan fingerprint density at radius 2 is 1.78 bits per heavy atom. The Morgan fingerprint density at radius 3 is 2.52 bits per heavy atom. The number of sulfonamides is 1. The zero-order valence-electron chi connectivity index (χ0n) is 15.3. The second kappa shape index (κ2) is 6.49. The molecule has 2 aromatic rings. The van der Waals surface area contributed by atoms with E-state index in [1.165, 1.54) is 9.31 Å².